The van der Waals surface area contributed by atoms with Gasteiger partial charge < -0.3 is 10.2 Å². The molecule has 0 spiro atoms. The minimum atomic E-state index is -0.365. The Hall–Kier alpha value is -1.85. The number of pyridine rings is 1. The third kappa shape index (κ3) is 2.88. The number of hydrogen-bond acceptors (Lipinski definition) is 5. The topological polar surface area (TPSA) is 71.3 Å². The van der Waals surface area contributed by atoms with Crippen molar-refractivity contribution in [2.24, 2.45) is 0 Å². The number of piperidine rings is 1. The van der Waals surface area contributed by atoms with Gasteiger partial charge in [-0.15, -0.1) is 0 Å². The lowest BCUT2D eigenvalue weighted by Gasteiger charge is -2.27. The van der Waals surface area contributed by atoms with E-state index >= 15 is 0 Å². The number of aromatic nitrogens is 1. The second kappa shape index (κ2) is 5.66. The van der Waals surface area contributed by atoms with Crippen LogP contribution in [0.1, 0.15) is 26.2 Å². The van der Waals surface area contributed by atoms with E-state index in [-0.39, 0.29) is 10.6 Å². The highest BCUT2D eigenvalue weighted by atomic mass is 16.6. The molecule has 2 rings (SSSR count). The standard InChI is InChI=1S/C12H18N4O2/c1-2-13-11-8-10(16(17)18)9-12(14-11)15-6-4-3-5-7-15/h8-9H,2-7H2,1H3,(H,13,14). The van der Waals surface area contributed by atoms with Gasteiger partial charge in [-0.25, -0.2) is 4.98 Å². The molecule has 1 saturated heterocycles. The minimum absolute atomic E-state index is 0.0986. The number of nitrogens with zero attached hydrogens (tertiary/aromatic N) is 3. The normalized spacial score (nSPS) is 15.5. The minimum Gasteiger partial charge on any atom is -0.370 e. The van der Waals surface area contributed by atoms with Crippen LogP contribution in [-0.4, -0.2) is 29.5 Å². The molecule has 6 heteroatoms. The molecule has 0 amide bonds. The molecule has 18 heavy (non-hydrogen) atoms. The molecular formula is C12H18N4O2. The lowest BCUT2D eigenvalue weighted by molar-refractivity contribution is -0.384. The summed E-state index contributed by atoms with van der Waals surface area (Å²) in [5.41, 5.74) is 0.0986. The van der Waals surface area contributed by atoms with Crippen LogP contribution < -0.4 is 10.2 Å². The summed E-state index contributed by atoms with van der Waals surface area (Å²) in [4.78, 5) is 17.1. The highest BCUT2D eigenvalue weighted by Gasteiger charge is 2.17. The molecule has 2 heterocycles. The third-order valence-electron chi connectivity index (χ3n) is 3.05. The summed E-state index contributed by atoms with van der Waals surface area (Å²) in [7, 11) is 0. The molecule has 6 nitrogen and oxygen atoms in total. The van der Waals surface area contributed by atoms with Crippen molar-refractivity contribution in [3.05, 3.63) is 22.2 Å². The Kier molecular flexibility index (Phi) is 3.96. The second-order valence-electron chi connectivity index (χ2n) is 4.40. The van der Waals surface area contributed by atoms with Crippen molar-refractivity contribution in [3.8, 4) is 0 Å². The zero-order chi connectivity index (χ0) is 13.0. The van der Waals surface area contributed by atoms with Gasteiger partial charge in [0.2, 0.25) is 0 Å². The Bertz CT molecular complexity index is 430. The van der Waals surface area contributed by atoms with Gasteiger partial charge in [-0.05, 0) is 26.2 Å². The van der Waals surface area contributed by atoms with E-state index in [1.807, 2.05) is 6.92 Å². The molecule has 0 bridgehead atoms. The van der Waals surface area contributed by atoms with E-state index in [2.05, 4.69) is 15.2 Å². The first-order valence-corrected chi connectivity index (χ1v) is 6.36. The van der Waals surface area contributed by atoms with Crippen molar-refractivity contribution < 1.29 is 4.92 Å². The molecule has 0 saturated carbocycles. The van der Waals surface area contributed by atoms with E-state index in [4.69, 9.17) is 0 Å². The van der Waals surface area contributed by atoms with E-state index in [0.717, 1.165) is 25.9 Å². The summed E-state index contributed by atoms with van der Waals surface area (Å²) in [6.45, 7) is 4.51. The number of rotatable bonds is 4. The maximum absolute atomic E-state index is 10.9. The number of nitro groups is 1. The van der Waals surface area contributed by atoms with Crippen molar-refractivity contribution in [1.82, 2.24) is 4.98 Å². The second-order valence-corrected chi connectivity index (χ2v) is 4.40. The maximum atomic E-state index is 10.9. The van der Waals surface area contributed by atoms with Crippen LogP contribution >= 0.6 is 0 Å². The van der Waals surface area contributed by atoms with E-state index < -0.39 is 0 Å². The van der Waals surface area contributed by atoms with Gasteiger partial charge in [0.25, 0.3) is 5.69 Å². The van der Waals surface area contributed by atoms with Gasteiger partial charge in [0.1, 0.15) is 11.6 Å². The van der Waals surface area contributed by atoms with Crippen LogP contribution in [0.15, 0.2) is 12.1 Å². The first-order chi connectivity index (χ1) is 8.70. The summed E-state index contributed by atoms with van der Waals surface area (Å²) in [5, 5.41) is 14.0. The largest absolute Gasteiger partial charge is 0.370 e. The lowest BCUT2D eigenvalue weighted by atomic mass is 10.1. The fraction of sp³-hybridized carbons (Fsp3) is 0.583. The van der Waals surface area contributed by atoms with Gasteiger partial charge in [-0.1, -0.05) is 0 Å². The number of anilines is 2. The van der Waals surface area contributed by atoms with Crippen LogP contribution in [0.5, 0.6) is 0 Å². The van der Waals surface area contributed by atoms with Crippen LogP contribution in [0.25, 0.3) is 0 Å². The SMILES string of the molecule is CCNc1cc([N+](=O)[O-])cc(N2CCCCC2)n1. The molecule has 1 fully saturated rings. The molecule has 0 radical (unpaired) electrons. The van der Waals surface area contributed by atoms with Crippen LogP contribution in [-0.2, 0) is 0 Å². The zero-order valence-electron chi connectivity index (χ0n) is 10.6. The molecule has 1 aliphatic heterocycles. The smallest absolute Gasteiger partial charge is 0.276 e. The van der Waals surface area contributed by atoms with Crippen molar-refractivity contribution in [2.75, 3.05) is 29.9 Å². The van der Waals surface area contributed by atoms with E-state index in [9.17, 15) is 10.1 Å². The first-order valence-electron chi connectivity index (χ1n) is 6.36. The van der Waals surface area contributed by atoms with Crippen LogP contribution in [0.3, 0.4) is 0 Å². The predicted molar refractivity (Wildman–Crippen MR) is 71.1 cm³/mol. The Morgan fingerprint density at radius 3 is 2.72 bits per heavy atom. The van der Waals surface area contributed by atoms with Crippen molar-refractivity contribution in [1.29, 1.82) is 0 Å². The molecule has 98 valence electrons. The molecule has 1 N–H and O–H groups in total. The van der Waals surface area contributed by atoms with Crippen molar-refractivity contribution in [3.63, 3.8) is 0 Å². The van der Waals surface area contributed by atoms with Gasteiger partial charge in [0, 0.05) is 19.6 Å². The molecule has 0 unspecified atom stereocenters. The Morgan fingerprint density at radius 2 is 2.11 bits per heavy atom. The highest BCUT2D eigenvalue weighted by Crippen LogP contribution is 2.25. The molecule has 1 aromatic heterocycles. The Morgan fingerprint density at radius 1 is 1.39 bits per heavy atom. The Labute approximate surface area is 106 Å². The van der Waals surface area contributed by atoms with Gasteiger partial charge >= 0.3 is 0 Å². The maximum Gasteiger partial charge on any atom is 0.276 e. The summed E-state index contributed by atoms with van der Waals surface area (Å²) < 4.78 is 0. The van der Waals surface area contributed by atoms with E-state index in [1.54, 1.807) is 6.07 Å². The van der Waals surface area contributed by atoms with E-state index in [1.165, 1.54) is 12.5 Å². The quantitative estimate of drug-likeness (QED) is 0.656. The number of hydrogen-bond donors (Lipinski definition) is 1. The zero-order valence-corrected chi connectivity index (χ0v) is 10.6. The van der Waals surface area contributed by atoms with E-state index in [0.29, 0.717) is 18.2 Å². The monoisotopic (exact) mass is 250 g/mol. The van der Waals surface area contributed by atoms with Gasteiger partial charge in [-0.2, -0.15) is 0 Å². The molecule has 1 aromatic rings. The summed E-state index contributed by atoms with van der Waals surface area (Å²) in [5.74, 6) is 1.28. The molecule has 0 atom stereocenters. The fourth-order valence-corrected chi connectivity index (χ4v) is 2.16. The molecule has 0 aromatic carbocycles. The first kappa shape index (κ1) is 12.6. The van der Waals surface area contributed by atoms with Crippen LogP contribution in [0.2, 0.25) is 0 Å². The van der Waals surface area contributed by atoms with Crippen LogP contribution in [0, 0.1) is 10.1 Å². The van der Waals surface area contributed by atoms with Gasteiger partial charge in [-0.3, -0.25) is 10.1 Å². The fourth-order valence-electron chi connectivity index (χ4n) is 2.16. The summed E-state index contributed by atoms with van der Waals surface area (Å²) >= 11 is 0. The lowest BCUT2D eigenvalue weighted by Crippen LogP contribution is -2.30. The molecular weight excluding hydrogens is 232 g/mol. The highest BCUT2D eigenvalue weighted by molar-refractivity contribution is 5.56. The molecule has 1 aliphatic rings. The van der Waals surface area contributed by atoms with Gasteiger partial charge in [0.05, 0.1) is 17.1 Å². The molecule has 0 aliphatic carbocycles. The Balaban J connectivity index is 2.29. The van der Waals surface area contributed by atoms with Crippen LogP contribution in [0.4, 0.5) is 17.3 Å². The van der Waals surface area contributed by atoms with Gasteiger partial charge in [0.15, 0.2) is 0 Å². The summed E-state index contributed by atoms with van der Waals surface area (Å²) in [6.07, 6.45) is 3.48. The van der Waals surface area contributed by atoms with Crippen molar-refractivity contribution in [2.45, 2.75) is 26.2 Å². The average molecular weight is 250 g/mol. The predicted octanol–water partition coefficient (Wildman–Crippen LogP) is 2.41. The number of nitrogens with one attached hydrogen (secondary N) is 1. The average Bonchev–Trinajstić information content (AvgIpc) is 2.40. The third-order valence-corrected chi connectivity index (χ3v) is 3.05. The van der Waals surface area contributed by atoms with Crippen molar-refractivity contribution >= 4 is 17.3 Å². The summed E-state index contributed by atoms with van der Waals surface area (Å²) in [6, 6.07) is 3.04.